The Morgan fingerprint density at radius 1 is 1.31 bits per heavy atom. The molecule has 4 N–H and O–H groups in total. The number of aliphatic hydroxyl groups is 2. The van der Waals surface area contributed by atoms with E-state index in [0.717, 1.165) is 0 Å². The number of amides is 1. The number of nitrogens with one attached hydrogen (secondary N) is 2. The van der Waals surface area contributed by atoms with Crippen molar-refractivity contribution in [2.45, 2.75) is 31.5 Å². The van der Waals surface area contributed by atoms with Crippen molar-refractivity contribution >= 4 is 22.9 Å². The first-order valence-electron chi connectivity index (χ1n) is 9.15. The van der Waals surface area contributed by atoms with Crippen LogP contribution in [-0.4, -0.2) is 77.3 Å². The summed E-state index contributed by atoms with van der Waals surface area (Å²) in [5, 5.41) is 30.5. The molecule has 12 nitrogen and oxygen atoms in total. The van der Waals surface area contributed by atoms with Crippen molar-refractivity contribution in [2.24, 2.45) is 7.05 Å². The maximum atomic E-state index is 12.1. The fraction of sp³-hybridized carbons (Fsp3) is 0.471. The van der Waals surface area contributed by atoms with Crippen molar-refractivity contribution < 1.29 is 19.7 Å². The number of aryl methyl sites for hydroxylation is 1. The predicted molar refractivity (Wildman–Crippen MR) is 102 cm³/mol. The number of carbonyl (C=O) groups excluding carboxylic acids is 1. The number of fused-ring (bicyclic) bond motifs is 1. The lowest BCUT2D eigenvalue weighted by Crippen LogP contribution is -2.42. The Kier molecular flexibility index (Phi) is 4.90. The number of likely N-dealkylation sites (N-methyl/N-ethyl adjacent to an activating group) is 1. The third-order valence-electron chi connectivity index (χ3n) is 4.74. The van der Waals surface area contributed by atoms with Crippen LogP contribution in [0.15, 0.2) is 18.7 Å². The number of ether oxygens (including phenoxy) is 1. The van der Waals surface area contributed by atoms with Gasteiger partial charge in [-0.25, -0.2) is 15.0 Å². The molecular formula is C17H22N8O4. The molecule has 0 aromatic carbocycles. The lowest BCUT2D eigenvalue weighted by molar-refractivity contribution is -0.137. The van der Waals surface area contributed by atoms with Crippen molar-refractivity contribution in [3.05, 3.63) is 18.7 Å². The molecule has 1 amide bonds. The van der Waals surface area contributed by atoms with E-state index in [0.29, 0.717) is 34.9 Å². The van der Waals surface area contributed by atoms with Gasteiger partial charge in [0.15, 0.2) is 35.1 Å². The molecule has 29 heavy (non-hydrogen) atoms. The number of hydrogen-bond donors (Lipinski definition) is 4. The lowest BCUT2D eigenvalue weighted by atomic mass is 10.1. The predicted octanol–water partition coefficient (Wildman–Crippen LogP) is -0.976. The highest BCUT2D eigenvalue weighted by Crippen LogP contribution is 2.33. The molecule has 0 saturated carbocycles. The number of rotatable bonds is 5. The highest BCUT2D eigenvalue weighted by molar-refractivity contribution is 5.85. The van der Waals surface area contributed by atoms with Gasteiger partial charge in [0, 0.05) is 26.8 Å². The molecule has 0 aliphatic carbocycles. The van der Waals surface area contributed by atoms with Gasteiger partial charge in [0.05, 0.1) is 18.1 Å². The Bertz CT molecular complexity index is 1050. The summed E-state index contributed by atoms with van der Waals surface area (Å²) in [6.45, 7) is 2.14. The number of aliphatic hydroxyl groups excluding tert-OH is 2. The summed E-state index contributed by atoms with van der Waals surface area (Å²) >= 11 is 0. The van der Waals surface area contributed by atoms with E-state index in [4.69, 9.17) is 4.74 Å². The third-order valence-corrected chi connectivity index (χ3v) is 4.74. The monoisotopic (exact) mass is 402 g/mol. The summed E-state index contributed by atoms with van der Waals surface area (Å²) in [5.74, 6) is 0.401. The van der Waals surface area contributed by atoms with E-state index in [1.165, 1.54) is 10.9 Å². The summed E-state index contributed by atoms with van der Waals surface area (Å²) in [7, 11) is 3.50. The Morgan fingerprint density at radius 2 is 2.10 bits per heavy atom. The van der Waals surface area contributed by atoms with Crippen molar-refractivity contribution in [3.8, 4) is 11.4 Å². The molecule has 154 valence electrons. The van der Waals surface area contributed by atoms with Crippen molar-refractivity contribution in [2.75, 3.05) is 18.9 Å². The maximum absolute atomic E-state index is 12.1. The number of imidazole rings is 1. The molecule has 1 aliphatic heterocycles. The third kappa shape index (κ3) is 3.20. The molecule has 4 heterocycles. The average molecular weight is 402 g/mol. The van der Waals surface area contributed by atoms with Crippen molar-refractivity contribution in [3.63, 3.8) is 0 Å². The van der Waals surface area contributed by atoms with Gasteiger partial charge in [-0.2, -0.15) is 5.10 Å². The normalized spacial score (nSPS) is 24.2. The smallest absolute Gasteiger partial charge is 0.252 e. The van der Waals surface area contributed by atoms with Gasteiger partial charge in [-0.05, 0) is 6.92 Å². The molecule has 1 saturated heterocycles. The molecule has 1 fully saturated rings. The van der Waals surface area contributed by atoms with Crippen LogP contribution in [0.25, 0.3) is 22.6 Å². The number of nitrogens with zero attached hydrogens (tertiary/aromatic N) is 6. The summed E-state index contributed by atoms with van der Waals surface area (Å²) < 4.78 is 8.82. The van der Waals surface area contributed by atoms with Gasteiger partial charge in [0.1, 0.15) is 12.2 Å². The van der Waals surface area contributed by atoms with Crippen molar-refractivity contribution in [1.29, 1.82) is 0 Å². The first-order valence-corrected chi connectivity index (χ1v) is 9.15. The second-order valence-corrected chi connectivity index (χ2v) is 6.70. The second-order valence-electron chi connectivity index (χ2n) is 6.70. The van der Waals surface area contributed by atoms with Crippen LogP contribution in [-0.2, 0) is 16.6 Å². The fourth-order valence-electron chi connectivity index (χ4n) is 3.32. The molecule has 3 aromatic rings. The highest BCUT2D eigenvalue weighted by atomic mass is 16.6. The Morgan fingerprint density at radius 3 is 2.76 bits per heavy atom. The van der Waals surface area contributed by atoms with E-state index < -0.39 is 30.4 Å². The van der Waals surface area contributed by atoms with E-state index in [2.05, 4.69) is 30.7 Å². The molecule has 0 bridgehead atoms. The van der Waals surface area contributed by atoms with Crippen LogP contribution in [0.4, 0.5) is 5.82 Å². The van der Waals surface area contributed by atoms with Crippen LogP contribution in [0.1, 0.15) is 13.2 Å². The Hall–Kier alpha value is -3.09. The van der Waals surface area contributed by atoms with Crippen LogP contribution >= 0.6 is 0 Å². The highest BCUT2D eigenvalue weighted by Gasteiger charge is 2.47. The first-order chi connectivity index (χ1) is 13.9. The summed E-state index contributed by atoms with van der Waals surface area (Å²) in [6.07, 6.45) is -0.107. The van der Waals surface area contributed by atoms with Crippen LogP contribution < -0.4 is 10.6 Å². The van der Waals surface area contributed by atoms with Crippen LogP contribution in [0.3, 0.4) is 0 Å². The minimum Gasteiger partial charge on any atom is -0.387 e. The van der Waals surface area contributed by atoms with Gasteiger partial charge in [0.25, 0.3) is 5.91 Å². The average Bonchev–Trinajstić information content (AvgIpc) is 3.40. The van der Waals surface area contributed by atoms with Gasteiger partial charge in [0.2, 0.25) is 0 Å². The second kappa shape index (κ2) is 7.39. The standard InChI is InChI=1S/C17H22N8O4/c1-4-19-16(28)12-10(26)11(27)17(29-12)25-7-20-9-14(18-2)22-13(23-15(9)25)8-5-21-24(3)6-8/h5-7,10-12,17,26-27H,4H2,1-3H3,(H,19,28)(H,18,22,23). The maximum Gasteiger partial charge on any atom is 0.252 e. The van der Waals surface area contributed by atoms with Gasteiger partial charge in [-0.1, -0.05) is 0 Å². The zero-order chi connectivity index (χ0) is 20.7. The molecular weight excluding hydrogens is 380 g/mol. The number of hydrogen-bond acceptors (Lipinski definition) is 9. The lowest BCUT2D eigenvalue weighted by Gasteiger charge is -2.16. The molecule has 12 heteroatoms. The molecule has 0 spiro atoms. The number of carbonyl (C=O) groups is 1. The van der Waals surface area contributed by atoms with Crippen LogP contribution in [0, 0.1) is 0 Å². The largest absolute Gasteiger partial charge is 0.387 e. The molecule has 1 aliphatic rings. The van der Waals surface area contributed by atoms with Crippen LogP contribution in [0.2, 0.25) is 0 Å². The minimum absolute atomic E-state index is 0.382. The van der Waals surface area contributed by atoms with E-state index in [9.17, 15) is 15.0 Å². The molecule has 4 atom stereocenters. The summed E-state index contributed by atoms with van der Waals surface area (Å²) in [4.78, 5) is 25.5. The summed E-state index contributed by atoms with van der Waals surface area (Å²) in [5.41, 5.74) is 1.55. The van der Waals surface area contributed by atoms with E-state index in [1.54, 1.807) is 38.1 Å². The van der Waals surface area contributed by atoms with Crippen molar-refractivity contribution in [1.82, 2.24) is 34.6 Å². The first kappa shape index (κ1) is 19.2. The topological polar surface area (TPSA) is 152 Å². The van der Waals surface area contributed by atoms with Gasteiger partial charge < -0.3 is 25.6 Å². The zero-order valence-corrected chi connectivity index (χ0v) is 16.1. The minimum atomic E-state index is -1.38. The van der Waals surface area contributed by atoms with E-state index in [1.807, 2.05) is 0 Å². The van der Waals surface area contributed by atoms with E-state index in [-0.39, 0.29) is 0 Å². The van der Waals surface area contributed by atoms with E-state index >= 15 is 0 Å². The fourth-order valence-corrected chi connectivity index (χ4v) is 3.32. The number of anilines is 1. The molecule has 4 unspecified atom stereocenters. The van der Waals surface area contributed by atoms with Gasteiger partial charge in [-0.3, -0.25) is 14.0 Å². The zero-order valence-electron chi connectivity index (χ0n) is 16.1. The molecule has 0 radical (unpaired) electrons. The van der Waals surface area contributed by atoms with Gasteiger partial charge >= 0.3 is 0 Å². The Balaban J connectivity index is 1.77. The molecule has 4 rings (SSSR count). The summed E-state index contributed by atoms with van der Waals surface area (Å²) in [6, 6.07) is 0. The molecule has 3 aromatic heterocycles. The Labute approximate surface area is 165 Å². The quantitative estimate of drug-likeness (QED) is 0.422. The van der Waals surface area contributed by atoms with Gasteiger partial charge in [-0.15, -0.1) is 0 Å². The number of aromatic nitrogens is 6. The van der Waals surface area contributed by atoms with Crippen LogP contribution in [0.5, 0.6) is 0 Å². The SMILES string of the molecule is CCNC(=O)C1OC(n2cnc3c(NC)nc(-c4cnn(C)c4)nc32)C(O)C1O.